The lowest BCUT2D eigenvalue weighted by Gasteiger charge is -2.35. The van der Waals surface area contributed by atoms with Crippen LogP contribution in [0, 0.1) is 6.92 Å². The number of nitrogens with zero attached hydrogens (tertiary/aromatic N) is 2. The van der Waals surface area contributed by atoms with Crippen molar-refractivity contribution < 1.29 is 4.79 Å². The zero-order chi connectivity index (χ0) is 16.9. The van der Waals surface area contributed by atoms with Crippen molar-refractivity contribution in [3.05, 3.63) is 58.3 Å². The number of hydrogen-bond acceptors (Lipinski definition) is 4. The molecule has 1 aromatic carbocycles. The van der Waals surface area contributed by atoms with E-state index >= 15 is 0 Å². The predicted molar refractivity (Wildman–Crippen MR) is 98.9 cm³/mol. The normalized spacial score (nSPS) is 18.3. The first-order valence-electron chi connectivity index (χ1n) is 8.04. The van der Waals surface area contributed by atoms with Gasteiger partial charge in [-0.15, -0.1) is 0 Å². The maximum absolute atomic E-state index is 12.5. The molecular weight excluding hydrogens is 368 g/mol. The second kappa shape index (κ2) is 7.88. The van der Waals surface area contributed by atoms with Gasteiger partial charge in [-0.05, 0) is 42.3 Å². The third kappa shape index (κ3) is 4.20. The van der Waals surface area contributed by atoms with Crippen LogP contribution in [0.1, 0.15) is 17.2 Å². The number of aromatic nitrogens is 1. The van der Waals surface area contributed by atoms with Crippen molar-refractivity contribution in [2.75, 3.05) is 31.5 Å². The summed E-state index contributed by atoms with van der Waals surface area (Å²) >= 11 is 3.48. The highest BCUT2D eigenvalue weighted by Gasteiger charge is 2.25. The van der Waals surface area contributed by atoms with Crippen molar-refractivity contribution in [2.45, 2.75) is 13.0 Å². The van der Waals surface area contributed by atoms with Crippen LogP contribution < -0.4 is 10.6 Å². The third-order valence-corrected chi connectivity index (χ3v) is 5.10. The van der Waals surface area contributed by atoms with Crippen LogP contribution in [0.15, 0.2) is 47.2 Å². The van der Waals surface area contributed by atoms with Gasteiger partial charge in [0.25, 0.3) is 0 Å². The van der Waals surface area contributed by atoms with Gasteiger partial charge < -0.3 is 10.6 Å². The van der Waals surface area contributed by atoms with Crippen LogP contribution in [-0.2, 0) is 4.79 Å². The summed E-state index contributed by atoms with van der Waals surface area (Å²) in [7, 11) is 0. The molecule has 0 aliphatic carbocycles. The lowest BCUT2D eigenvalue weighted by atomic mass is 10.1. The van der Waals surface area contributed by atoms with Gasteiger partial charge in [0.1, 0.15) is 0 Å². The van der Waals surface area contributed by atoms with Gasteiger partial charge in [-0.1, -0.05) is 22.0 Å². The molecule has 2 heterocycles. The Hall–Kier alpha value is -1.76. The monoisotopic (exact) mass is 388 g/mol. The summed E-state index contributed by atoms with van der Waals surface area (Å²) in [6.45, 7) is 4.94. The Morgan fingerprint density at radius 1 is 1.46 bits per heavy atom. The number of nitrogens with one attached hydrogen (secondary N) is 2. The molecule has 5 nitrogen and oxygen atoms in total. The van der Waals surface area contributed by atoms with E-state index in [4.69, 9.17) is 0 Å². The minimum absolute atomic E-state index is 0.00696. The van der Waals surface area contributed by atoms with Crippen LogP contribution in [0.3, 0.4) is 0 Å². The Balaban J connectivity index is 1.66. The molecule has 0 saturated carbocycles. The number of pyridine rings is 1. The van der Waals surface area contributed by atoms with Gasteiger partial charge in [0, 0.05) is 48.2 Å². The number of halogens is 1. The summed E-state index contributed by atoms with van der Waals surface area (Å²) in [6, 6.07) is 10.0. The van der Waals surface area contributed by atoms with Gasteiger partial charge in [-0.25, -0.2) is 0 Å². The van der Waals surface area contributed by atoms with Gasteiger partial charge in [0.05, 0.1) is 6.54 Å². The molecule has 2 N–H and O–H groups in total. The van der Waals surface area contributed by atoms with Gasteiger partial charge >= 0.3 is 0 Å². The van der Waals surface area contributed by atoms with E-state index in [2.05, 4.69) is 42.5 Å². The topological polar surface area (TPSA) is 57.3 Å². The van der Waals surface area contributed by atoms with Crippen molar-refractivity contribution >= 4 is 27.5 Å². The molecule has 2 aromatic rings. The van der Waals surface area contributed by atoms with E-state index in [1.54, 1.807) is 6.20 Å². The van der Waals surface area contributed by atoms with E-state index in [0.717, 1.165) is 40.9 Å². The molecule has 3 rings (SSSR count). The van der Waals surface area contributed by atoms with E-state index in [-0.39, 0.29) is 11.9 Å². The Labute approximate surface area is 150 Å². The molecule has 0 bridgehead atoms. The van der Waals surface area contributed by atoms with E-state index in [0.29, 0.717) is 6.54 Å². The second-order valence-corrected chi connectivity index (χ2v) is 6.84. The second-order valence-electron chi connectivity index (χ2n) is 5.99. The highest BCUT2D eigenvalue weighted by molar-refractivity contribution is 9.10. The molecule has 1 aliphatic rings. The molecule has 1 aliphatic heterocycles. The summed E-state index contributed by atoms with van der Waals surface area (Å²) in [6.07, 6.45) is 3.65. The maximum Gasteiger partial charge on any atom is 0.238 e. The average Bonchev–Trinajstić information content (AvgIpc) is 2.59. The minimum Gasteiger partial charge on any atom is -0.325 e. The van der Waals surface area contributed by atoms with Gasteiger partial charge in [0.2, 0.25) is 5.91 Å². The zero-order valence-electron chi connectivity index (χ0n) is 13.6. The molecular formula is C18H21BrN4O. The molecule has 1 aromatic heterocycles. The Morgan fingerprint density at radius 3 is 3.08 bits per heavy atom. The SMILES string of the molecule is Cc1cc(NC(=O)CN2CCNCC2c2cccnc2)ccc1Br. The summed E-state index contributed by atoms with van der Waals surface area (Å²) in [4.78, 5) is 18.9. The third-order valence-electron chi connectivity index (χ3n) is 4.21. The molecule has 1 saturated heterocycles. The lowest BCUT2D eigenvalue weighted by Crippen LogP contribution is -2.48. The Morgan fingerprint density at radius 2 is 2.33 bits per heavy atom. The van der Waals surface area contributed by atoms with E-state index in [9.17, 15) is 4.79 Å². The smallest absolute Gasteiger partial charge is 0.238 e. The fraction of sp³-hybridized carbons (Fsp3) is 0.333. The van der Waals surface area contributed by atoms with Crippen molar-refractivity contribution in [3.8, 4) is 0 Å². The van der Waals surface area contributed by atoms with Crippen LogP contribution in [0.5, 0.6) is 0 Å². The Bertz CT molecular complexity index is 707. The van der Waals surface area contributed by atoms with Crippen LogP contribution >= 0.6 is 15.9 Å². The van der Waals surface area contributed by atoms with E-state index in [1.165, 1.54) is 0 Å². The van der Waals surface area contributed by atoms with Crippen molar-refractivity contribution in [1.29, 1.82) is 0 Å². The number of anilines is 1. The molecule has 0 spiro atoms. The molecule has 24 heavy (non-hydrogen) atoms. The van der Waals surface area contributed by atoms with Gasteiger partial charge in [0.15, 0.2) is 0 Å². The van der Waals surface area contributed by atoms with Gasteiger partial charge in [-0.2, -0.15) is 0 Å². The van der Waals surface area contributed by atoms with Crippen LogP contribution in [0.2, 0.25) is 0 Å². The number of piperazine rings is 1. The average molecular weight is 389 g/mol. The number of carbonyl (C=O) groups excluding carboxylic acids is 1. The first-order valence-corrected chi connectivity index (χ1v) is 8.83. The van der Waals surface area contributed by atoms with E-state index in [1.807, 2.05) is 37.4 Å². The first-order chi connectivity index (χ1) is 11.6. The minimum atomic E-state index is 0.00696. The van der Waals surface area contributed by atoms with Crippen LogP contribution in [0.4, 0.5) is 5.69 Å². The molecule has 1 atom stereocenters. The first kappa shape index (κ1) is 17.1. The summed E-state index contributed by atoms with van der Waals surface area (Å²) in [5.74, 6) is 0.00696. The summed E-state index contributed by atoms with van der Waals surface area (Å²) in [5.41, 5.74) is 3.06. The zero-order valence-corrected chi connectivity index (χ0v) is 15.2. The molecule has 126 valence electrons. The standard InChI is InChI=1S/C18H21BrN4O/c1-13-9-15(4-5-16(13)19)22-18(24)12-23-8-7-21-11-17(23)14-3-2-6-20-10-14/h2-6,9-10,17,21H,7-8,11-12H2,1H3,(H,22,24). The van der Waals surface area contributed by atoms with Crippen LogP contribution in [-0.4, -0.2) is 42.0 Å². The molecule has 6 heteroatoms. The molecule has 1 amide bonds. The van der Waals surface area contributed by atoms with Gasteiger partial charge in [-0.3, -0.25) is 14.7 Å². The van der Waals surface area contributed by atoms with Crippen molar-refractivity contribution in [1.82, 2.24) is 15.2 Å². The highest BCUT2D eigenvalue weighted by Crippen LogP contribution is 2.22. The molecule has 0 radical (unpaired) electrons. The largest absolute Gasteiger partial charge is 0.325 e. The fourth-order valence-electron chi connectivity index (χ4n) is 2.94. The van der Waals surface area contributed by atoms with Crippen LogP contribution in [0.25, 0.3) is 0 Å². The molecule has 1 unspecified atom stereocenters. The molecule has 1 fully saturated rings. The lowest BCUT2D eigenvalue weighted by molar-refractivity contribution is -0.118. The van der Waals surface area contributed by atoms with Crippen molar-refractivity contribution in [2.24, 2.45) is 0 Å². The maximum atomic E-state index is 12.5. The van der Waals surface area contributed by atoms with E-state index < -0.39 is 0 Å². The summed E-state index contributed by atoms with van der Waals surface area (Å²) in [5, 5.41) is 6.39. The number of benzene rings is 1. The number of aryl methyl sites for hydroxylation is 1. The number of hydrogen-bond donors (Lipinski definition) is 2. The van der Waals surface area contributed by atoms with Crippen molar-refractivity contribution in [3.63, 3.8) is 0 Å². The number of rotatable bonds is 4. The Kier molecular flexibility index (Phi) is 5.60. The quantitative estimate of drug-likeness (QED) is 0.845. The fourth-order valence-corrected chi connectivity index (χ4v) is 3.19. The highest BCUT2D eigenvalue weighted by atomic mass is 79.9. The predicted octanol–water partition coefficient (Wildman–Crippen LogP) is 2.74. The number of amides is 1. The summed E-state index contributed by atoms with van der Waals surface area (Å²) < 4.78 is 1.04. The number of carbonyl (C=O) groups is 1.